The first-order chi connectivity index (χ1) is 10.1. The summed E-state index contributed by atoms with van der Waals surface area (Å²) < 4.78 is 5.09. The molecular weight excluding hydrogens is 272 g/mol. The first-order valence-corrected chi connectivity index (χ1v) is 6.28. The van der Waals surface area contributed by atoms with Crippen LogP contribution in [0.1, 0.15) is 21.7 Å². The average molecular weight is 284 g/mol. The van der Waals surface area contributed by atoms with Gasteiger partial charge in [-0.1, -0.05) is 5.16 Å². The Balaban J connectivity index is 2.08. The van der Waals surface area contributed by atoms with E-state index in [1.165, 1.54) is 18.5 Å². The Morgan fingerprint density at radius 3 is 2.95 bits per heavy atom. The Morgan fingerprint density at radius 2 is 2.19 bits per heavy atom. The average Bonchev–Trinajstić information content (AvgIpc) is 2.82. The van der Waals surface area contributed by atoms with Crippen molar-refractivity contribution in [3.8, 4) is 0 Å². The number of rotatable bonds is 2. The number of hydrogen-bond acceptors (Lipinski definition) is 5. The summed E-state index contributed by atoms with van der Waals surface area (Å²) in [5.74, 6) is -0.409. The third-order valence-corrected chi connectivity index (χ3v) is 3.06. The largest absolute Gasteiger partial charge is 0.366 e. The van der Waals surface area contributed by atoms with E-state index in [4.69, 9.17) is 4.52 Å². The number of aromatic nitrogens is 3. The summed E-state index contributed by atoms with van der Waals surface area (Å²) in [7, 11) is 0. The van der Waals surface area contributed by atoms with E-state index in [9.17, 15) is 9.59 Å². The number of anilines is 1. The number of hydrogen-bond donors (Lipinski definition) is 2. The quantitative estimate of drug-likeness (QED) is 0.747. The fraction of sp³-hybridized carbons (Fsp3) is 0.143. The van der Waals surface area contributed by atoms with Gasteiger partial charge in [0.1, 0.15) is 5.69 Å². The van der Waals surface area contributed by atoms with Gasteiger partial charge in [0.2, 0.25) is 5.43 Å². The molecule has 0 saturated carbocycles. The zero-order chi connectivity index (χ0) is 15.0. The number of amides is 1. The molecule has 0 bridgehead atoms. The molecule has 2 N–H and O–H groups in total. The van der Waals surface area contributed by atoms with Crippen LogP contribution >= 0.6 is 0 Å². The maximum atomic E-state index is 12.4. The molecule has 0 saturated heterocycles. The normalized spacial score (nSPS) is 10.8. The third kappa shape index (κ3) is 2.29. The minimum atomic E-state index is -0.409. The number of aromatic amines is 1. The van der Waals surface area contributed by atoms with Gasteiger partial charge in [-0.25, -0.2) is 4.98 Å². The smallest absolute Gasteiger partial charge is 0.258 e. The maximum absolute atomic E-state index is 12.4. The Morgan fingerprint density at radius 1 is 1.38 bits per heavy atom. The molecule has 3 rings (SSSR count). The number of carbonyl (C=O) groups excluding carboxylic acids is 1. The Kier molecular flexibility index (Phi) is 3.02. The molecular formula is C14H12N4O3. The predicted octanol–water partition coefficient (Wildman–Crippen LogP) is 1.78. The standard InChI is InChI=1S/C14H12N4O3/c1-7-5-9(12-8(2)18-21-14(12)16-7)13(20)17-10-6-15-4-3-11(10)19/h3-6H,1-2H3,(H,15,19)(H,17,20). The van der Waals surface area contributed by atoms with Gasteiger partial charge in [-0.15, -0.1) is 0 Å². The van der Waals surface area contributed by atoms with E-state index in [1.807, 2.05) is 0 Å². The van der Waals surface area contributed by atoms with Gasteiger partial charge in [-0.05, 0) is 19.9 Å². The lowest BCUT2D eigenvalue weighted by Gasteiger charge is -2.06. The van der Waals surface area contributed by atoms with Gasteiger partial charge in [-0.3, -0.25) is 9.59 Å². The van der Waals surface area contributed by atoms with Gasteiger partial charge < -0.3 is 14.8 Å². The molecule has 1 amide bonds. The lowest BCUT2D eigenvalue weighted by atomic mass is 10.1. The van der Waals surface area contributed by atoms with Crippen molar-refractivity contribution in [3.05, 3.63) is 51.7 Å². The van der Waals surface area contributed by atoms with E-state index in [0.29, 0.717) is 28.1 Å². The molecule has 106 valence electrons. The van der Waals surface area contributed by atoms with Crippen LogP contribution in [0.2, 0.25) is 0 Å². The summed E-state index contributed by atoms with van der Waals surface area (Å²) >= 11 is 0. The first-order valence-electron chi connectivity index (χ1n) is 6.28. The van der Waals surface area contributed by atoms with Gasteiger partial charge in [0.05, 0.1) is 16.6 Å². The van der Waals surface area contributed by atoms with Gasteiger partial charge in [0, 0.05) is 24.2 Å². The molecule has 0 aliphatic heterocycles. The number of aryl methyl sites for hydroxylation is 2. The molecule has 7 nitrogen and oxygen atoms in total. The second-order valence-electron chi connectivity index (χ2n) is 4.64. The van der Waals surface area contributed by atoms with Crippen LogP contribution < -0.4 is 10.7 Å². The van der Waals surface area contributed by atoms with Gasteiger partial charge >= 0.3 is 0 Å². The van der Waals surface area contributed by atoms with Crippen molar-refractivity contribution in [1.29, 1.82) is 0 Å². The summed E-state index contributed by atoms with van der Waals surface area (Å²) in [6.45, 7) is 3.48. The van der Waals surface area contributed by atoms with Crippen molar-refractivity contribution in [3.63, 3.8) is 0 Å². The van der Waals surface area contributed by atoms with E-state index in [2.05, 4.69) is 20.4 Å². The molecule has 0 aliphatic carbocycles. The summed E-state index contributed by atoms with van der Waals surface area (Å²) in [6.07, 6.45) is 2.93. The number of nitrogens with one attached hydrogen (secondary N) is 2. The molecule has 7 heteroatoms. The molecule has 0 atom stereocenters. The zero-order valence-electron chi connectivity index (χ0n) is 11.4. The van der Waals surface area contributed by atoms with Crippen molar-refractivity contribution in [1.82, 2.24) is 15.1 Å². The highest BCUT2D eigenvalue weighted by Gasteiger charge is 2.18. The highest BCUT2D eigenvalue weighted by molar-refractivity contribution is 6.12. The first kappa shape index (κ1) is 13.0. The van der Waals surface area contributed by atoms with Crippen molar-refractivity contribution >= 4 is 22.7 Å². The van der Waals surface area contributed by atoms with Crippen LogP contribution in [0.3, 0.4) is 0 Å². The second kappa shape index (κ2) is 4.86. The molecule has 3 aromatic rings. The van der Waals surface area contributed by atoms with Crippen LogP contribution in [-0.4, -0.2) is 21.0 Å². The molecule has 3 aromatic heterocycles. The van der Waals surface area contributed by atoms with Crippen LogP contribution in [0.15, 0.2) is 33.8 Å². The molecule has 0 radical (unpaired) electrons. The second-order valence-corrected chi connectivity index (χ2v) is 4.64. The highest BCUT2D eigenvalue weighted by atomic mass is 16.5. The minimum absolute atomic E-state index is 0.180. The van der Waals surface area contributed by atoms with Gasteiger partial charge in [0.25, 0.3) is 11.6 Å². The summed E-state index contributed by atoms with van der Waals surface area (Å²) in [6, 6.07) is 2.98. The SMILES string of the molecule is Cc1cc(C(=O)Nc2c[nH]ccc2=O)c2c(C)noc2n1. The van der Waals surface area contributed by atoms with Crippen molar-refractivity contribution in [2.45, 2.75) is 13.8 Å². The Bertz CT molecular complexity index is 895. The van der Waals surface area contributed by atoms with E-state index in [0.717, 1.165) is 0 Å². The number of pyridine rings is 2. The van der Waals surface area contributed by atoms with E-state index < -0.39 is 5.91 Å². The van der Waals surface area contributed by atoms with Crippen LogP contribution in [-0.2, 0) is 0 Å². The van der Waals surface area contributed by atoms with Crippen LogP contribution in [0.25, 0.3) is 11.1 Å². The van der Waals surface area contributed by atoms with E-state index in [-0.39, 0.29) is 11.1 Å². The summed E-state index contributed by atoms with van der Waals surface area (Å²) in [5, 5.41) is 6.95. The van der Waals surface area contributed by atoms with E-state index >= 15 is 0 Å². The Labute approximate surface area is 119 Å². The lowest BCUT2D eigenvalue weighted by Crippen LogP contribution is -2.18. The van der Waals surface area contributed by atoms with Crippen molar-refractivity contribution in [2.24, 2.45) is 0 Å². The fourth-order valence-corrected chi connectivity index (χ4v) is 2.10. The molecule has 0 spiro atoms. The molecule has 0 aromatic carbocycles. The molecule has 0 unspecified atom stereocenters. The van der Waals surface area contributed by atoms with Crippen molar-refractivity contribution in [2.75, 3.05) is 5.32 Å². The zero-order valence-corrected chi connectivity index (χ0v) is 11.4. The fourth-order valence-electron chi connectivity index (χ4n) is 2.10. The van der Waals surface area contributed by atoms with Crippen LogP contribution in [0.4, 0.5) is 5.69 Å². The summed E-state index contributed by atoms with van der Waals surface area (Å²) in [5.41, 5.74) is 1.79. The number of nitrogens with zero attached hydrogens (tertiary/aromatic N) is 2. The molecule has 21 heavy (non-hydrogen) atoms. The minimum Gasteiger partial charge on any atom is -0.366 e. The maximum Gasteiger partial charge on any atom is 0.258 e. The Hall–Kier alpha value is -2.96. The van der Waals surface area contributed by atoms with Crippen molar-refractivity contribution < 1.29 is 9.32 Å². The summed E-state index contributed by atoms with van der Waals surface area (Å²) in [4.78, 5) is 31.0. The lowest BCUT2D eigenvalue weighted by molar-refractivity contribution is 0.102. The van der Waals surface area contributed by atoms with Gasteiger partial charge in [0.15, 0.2) is 0 Å². The third-order valence-electron chi connectivity index (χ3n) is 3.06. The van der Waals surface area contributed by atoms with Crippen LogP contribution in [0, 0.1) is 13.8 Å². The van der Waals surface area contributed by atoms with Gasteiger partial charge in [-0.2, -0.15) is 0 Å². The molecule has 0 fully saturated rings. The number of H-pyrrole nitrogens is 1. The number of carbonyl (C=O) groups is 1. The predicted molar refractivity (Wildman–Crippen MR) is 76.3 cm³/mol. The monoisotopic (exact) mass is 284 g/mol. The van der Waals surface area contributed by atoms with E-state index in [1.54, 1.807) is 19.9 Å². The molecule has 0 aliphatic rings. The number of fused-ring (bicyclic) bond motifs is 1. The highest BCUT2D eigenvalue weighted by Crippen LogP contribution is 2.22. The van der Waals surface area contributed by atoms with Crippen LogP contribution in [0.5, 0.6) is 0 Å². The molecule has 3 heterocycles. The topological polar surface area (TPSA) is 101 Å².